The molecule has 0 saturated heterocycles. The Balaban J connectivity index is 2.46. The first kappa shape index (κ1) is 16.5. The zero-order valence-electron chi connectivity index (χ0n) is 12.1. The predicted molar refractivity (Wildman–Crippen MR) is 90.4 cm³/mol. The summed E-state index contributed by atoms with van der Waals surface area (Å²) >= 11 is 9.40. The van der Waals surface area contributed by atoms with Crippen LogP contribution in [0.2, 0.25) is 5.02 Å². The molecule has 0 aliphatic heterocycles. The molecule has 0 amide bonds. The van der Waals surface area contributed by atoms with Gasteiger partial charge in [-0.2, -0.15) is 0 Å². The van der Waals surface area contributed by atoms with Crippen molar-refractivity contribution in [2.75, 3.05) is 6.54 Å². The Bertz CT molecular complexity index is 630. The molecule has 0 heterocycles. The minimum atomic E-state index is -0.254. The van der Waals surface area contributed by atoms with E-state index in [1.807, 2.05) is 30.3 Å². The normalized spacial score (nSPS) is 12.4. The van der Waals surface area contributed by atoms with Gasteiger partial charge in [-0.15, -0.1) is 0 Å². The van der Waals surface area contributed by atoms with Crippen LogP contribution in [0.4, 0.5) is 4.39 Å². The molecule has 1 atom stereocenters. The van der Waals surface area contributed by atoms with E-state index in [4.69, 9.17) is 11.6 Å². The summed E-state index contributed by atoms with van der Waals surface area (Å²) in [5, 5.41) is 4.22. The van der Waals surface area contributed by atoms with E-state index in [2.05, 4.69) is 35.1 Å². The van der Waals surface area contributed by atoms with Crippen LogP contribution in [0.25, 0.3) is 0 Å². The van der Waals surface area contributed by atoms with Crippen LogP contribution in [-0.4, -0.2) is 6.54 Å². The van der Waals surface area contributed by atoms with Crippen molar-refractivity contribution in [3.8, 4) is 0 Å². The van der Waals surface area contributed by atoms with E-state index in [-0.39, 0.29) is 11.9 Å². The molecule has 0 aliphatic rings. The molecule has 0 aliphatic carbocycles. The first-order valence-corrected chi connectivity index (χ1v) is 8.14. The van der Waals surface area contributed by atoms with Gasteiger partial charge in [0.1, 0.15) is 5.82 Å². The first-order valence-electron chi connectivity index (χ1n) is 6.97. The summed E-state index contributed by atoms with van der Waals surface area (Å²) < 4.78 is 13.9. The van der Waals surface area contributed by atoms with Gasteiger partial charge in [0.15, 0.2) is 0 Å². The molecule has 112 valence electrons. The van der Waals surface area contributed by atoms with Crippen molar-refractivity contribution in [3.63, 3.8) is 0 Å². The Hall–Kier alpha value is -0.900. The molecule has 0 radical (unpaired) electrons. The third-order valence-electron chi connectivity index (χ3n) is 3.43. The minimum absolute atomic E-state index is 0.000509. The van der Waals surface area contributed by atoms with Crippen molar-refractivity contribution in [3.05, 3.63) is 68.4 Å². The van der Waals surface area contributed by atoms with E-state index in [0.29, 0.717) is 9.50 Å². The lowest BCUT2D eigenvalue weighted by Gasteiger charge is -2.22. The summed E-state index contributed by atoms with van der Waals surface area (Å²) in [6.45, 7) is 5.06. The molecule has 0 bridgehead atoms. The van der Waals surface area contributed by atoms with E-state index in [9.17, 15) is 4.39 Å². The number of rotatable bonds is 5. The highest BCUT2D eigenvalue weighted by Crippen LogP contribution is 2.29. The SMILES string of the molecule is CCCNC(c1ccc(F)c(Br)c1)c1cc(Cl)ccc1C. The van der Waals surface area contributed by atoms with E-state index >= 15 is 0 Å². The second-order valence-electron chi connectivity index (χ2n) is 5.06. The Kier molecular flexibility index (Phi) is 5.80. The van der Waals surface area contributed by atoms with Gasteiger partial charge < -0.3 is 5.32 Å². The van der Waals surface area contributed by atoms with Gasteiger partial charge in [0.2, 0.25) is 0 Å². The molecule has 4 heteroatoms. The summed E-state index contributed by atoms with van der Waals surface area (Å²) in [5.74, 6) is -0.254. The third-order valence-corrected chi connectivity index (χ3v) is 4.27. The number of halogens is 3. The van der Waals surface area contributed by atoms with E-state index < -0.39 is 0 Å². The fourth-order valence-corrected chi connectivity index (χ4v) is 2.89. The highest BCUT2D eigenvalue weighted by atomic mass is 79.9. The second kappa shape index (κ2) is 7.39. The van der Waals surface area contributed by atoms with Crippen molar-refractivity contribution >= 4 is 27.5 Å². The van der Waals surface area contributed by atoms with Crippen LogP contribution >= 0.6 is 27.5 Å². The molecule has 1 nitrogen and oxygen atoms in total. The standard InChI is InChI=1S/C17H18BrClFN/c1-3-8-21-17(12-5-7-16(20)15(18)9-12)14-10-13(19)6-4-11(14)2/h4-7,9-10,17,21H,3,8H2,1-2H3. The number of hydrogen-bond donors (Lipinski definition) is 1. The maximum absolute atomic E-state index is 13.5. The highest BCUT2D eigenvalue weighted by Gasteiger charge is 2.17. The van der Waals surface area contributed by atoms with Crippen LogP contribution in [0.3, 0.4) is 0 Å². The van der Waals surface area contributed by atoms with Gasteiger partial charge in [-0.05, 0) is 76.8 Å². The summed E-state index contributed by atoms with van der Waals surface area (Å²) in [5.41, 5.74) is 3.30. The van der Waals surface area contributed by atoms with Crippen LogP contribution in [0.5, 0.6) is 0 Å². The topological polar surface area (TPSA) is 12.0 Å². The maximum atomic E-state index is 13.5. The van der Waals surface area contributed by atoms with Crippen LogP contribution in [0.1, 0.15) is 36.1 Å². The zero-order valence-corrected chi connectivity index (χ0v) is 14.4. The molecule has 1 unspecified atom stereocenters. The monoisotopic (exact) mass is 369 g/mol. The van der Waals surface area contributed by atoms with Gasteiger partial charge in [-0.25, -0.2) is 4.39 Å². The highest BCUT2D eigenvalue weighted by molar-refractivity contribution is 9.10. The molecular formula is C17H18BrClFN. The Morgan fingerprint density at radius 1 is 1.24 bits per heavy atom. The molecule has 2 aromatic carbocycles. The average Bonchev–Trinajstić information content (AvgIpc) is 2.46. The lowest BCUT2D eigenvalue weighted by molar-refractivity contribution is 0.589. The largest absolute Gasteiger partial charge is 0.306 e. The maximum Gasteiger partial charge on any atom is 0.137 e. The molecule has 1 N–H and O–H groups in total. The van der Waals surface area contributed by atoms with Crippen LogP contribution in [-0.2, 0) is 0 Å². The van der Waals surface area contributed by atoms with Crippen LogP contribution < -0.4 is 5.32 Å². The Morgan fingerprint density at radius 3 is 2.67 bits per heavy atom. The van der Waals surface area contributed by atoms with Gasteiger partial charge in [-0.1, -0.05) is 30.7 Å². The average molecular weight is 371 g/mol. The molecule has 0 fully saturated rings. The second-order valence-corrected chi connectivity index (χ2v) is 6.35. The zero-order chi connectivity index (χ0) is 15.4. The molecule has 2 rings (SSSR count). The molecule has 2 aromatic rings. The van der Waals surface area contributed by atoms with Gasteiger partial charge >= 0.3 is 0 Å². The first-order chi connectivity index (χ1) is 10.0. The Morgan fingerprint density at radius 2 is 2.00 bits per heavy atom. The summed E-state index contributed by atoms with van der Waals surface area (Å²) in [6.07, 6.45) is 1.03. The smallest absolute Gasteiger partial charge is 0.137 e. The molecule has 0 saturated carbocycles. The van der Waals surface area contributed by atoms with Crippen molar-refractivity contribution in [2.24, 2.45) is 0 Å². The summed E-state index contributed by atoms with van der Waals surface area (Å²) in [4.78, 5) is 0. The molecular weight excluding hydrogens is 353 g/mol. The molecule has 0 aromatic heterocycles. The van der Waals surface area contributed by atoms with E-state index in [1.54, 1.807) is 0 Å². The van der Waals surface area contributed by atoms with Gasteiger partial charge in [-0.3, -0.25) is 0 Å². The molecule has 21 heavy (non-hydrogen) atoms. The number of aryl methyl sites for hydroxylation is 1. The number of hydrogen-bond acceptors (Lipinski definition) is 1. The van der Waals surface area contributed by atoms with Gasteiger partial charge in [0.05, 0.1) is 10.5 Å². The van der Waals surface area contributed by atoms with Gasteiger partial charge in [0.25, 0.3) is 0 Å². The minimum Gasteiger partial charge on any atom is -0.306 e. The number of benzene rings is 2. The fourth-order valence-electron chi connectivity index (χ4n) is 2.31. The summed E-state index contributed by atoms with van der Waals surface area (Å²) in [7, 11) is 0. The third kappa shape index (κ3) is 4.06. The van der Waals surface area contributed by atoms with Crippen molar-refractivity contribution < 1.29 is 4.39 Å². The quantitative estimate of drug-likeness (QED) is 0.718. The molecule has 0 spiro atoms. The number of nitrogens with one attached hydrogen (secondary N) is 1. The van der Waals surface area contributed by atoms with Crippen molar-refractivity contribution in [1.29, 1.82) is 0 Å². The van der Waals surface area contributed by atoms with Gasteiger partial charge in [0, 0.05) is 5.02 Å². The van der Waals surface area contributed by atoms with Crippen molar-refractivity contribution in [1.82, 2.24) is 5.32 Å². The summed E-state index contributed by atoms with van der Waals surface area (Å²) in [6, 6.07) is 11.0. The predicted octanol–water partition coefficient (Wildman–Crippen LogP) is 5.64. The van der Waals surface area contributed by atoms with E-state index in [1.165, 1.54) is 6.07 Å². The van der Waals surface area contributed by atoms with E-state index in [0.717, 1.165) is 29.7 Å². The van der Waals surface area contributed by atoms with Crippen LogP contribution in [0, 0.1) is 12.7 Å². The lowest BCUT2D eigenvalue weighted by atomic mass is 9.95. The fraction of sp³-hybridized carbons (Fsp3) is 0.294. The van der Waals surface area contributed by atoms with Crippen LogP contribution in [0.15, 0.2) is 40.9 Å². The van der Waals surface area contributed by atoms with Crippen molar-refractivity contribution in [2.45, 2.75) is 26.3 Å². The lowest BCUT2D eigenvalue weighted by Crippen LogP contribution is -2.24. The Labute approximate surface area is 138 Å².